The molecule has 6 heteroatoms. The van der Waals surface area contributed by atoms with Gasteiger partial charge in [0.2, 0.25) is 0 Å². The number of hydrogen-bond donors (Lipinski definition) is 1. The number of carbonyl (C=O) groups is 1. The van der Waals surface area contributed by atoms with Gasteiger partial charge >= 0.3 is 0 Å². The Kier molecular flexibility index (Phi) is 4.85. The quantitative estimate of drug-likeness (QED) is 0.915. The molecule has 23 heavy (non-hydrogen) atoms. The van der Waals surface area contributed by atoms with Crippen LogP contribution in [0, 0.1) is 0 Å². The van der Waals surface area contributed by atoms with Crippen molar-refractivity contribution in [2.24, 2.45) is 5.73 Å². The van der Waals surface area contributed by atoms with Crippen LogP contribution in [0.5, 0.6) is 0 Å². The molecule has 1 aromatic carbocycles. The second kappa shape index (κ2) is 6.87. The molecule has 2 heterocycles. The molecule has 1 fully saturated rings. The molecular weight excluding hydrogens is 333 g/mol. The highest BCUT2D eigenvalue weighted by atomic mass is 35.5. The second-order valence-electron chi connectivity index (χ2n) is 5.57. The van der Waals surface area contributed by atoms with E-state index in [1.807, 2.05) is 17.0 Å². The highest BCUT2D eigenvalue weighted by Crippen LogP contribution is 2.35. The van der Waals surface area contributed by atoms with Gasteiger partial charge in [-0.1, -0.05) is 29.3 Å². The summed E-state index contributed by atoms with van der Waals surface area (Å²) in [6, 6.07) is 9.06. The van der Waals surface area contributed by atoms with E-state index in [-0.39, 0.29) is 11.9 Å². The maximum Gasteiger partial charge on any atom is 0.254 e. The Morgan fingerprint density at radius 3 is 2.83 bits per heavy atom. The Morgan fingerprint density at radius 1 is 1.26 bits per heavy atom. The minimum absolute atomic E-state index is 0.00401. The fourth-order valence-corrected chi connectivity index (χ4v) is 3.27. The highest BCUT2D eigenvalue weighted by Gasteiger charge is 2.31. The fraction of sp³-hybridized carbons (Fsp3) is 0.294. The summed E-state index contributed by atoms with van der Waals surface area (Å²) in [5, 5.41) is 1.03. The van der Waals surface area contributed by atoms with Gasteiger partial charge in [-0.2, -0.15) is 0 Å². The lowest BCUT2D eigenvalue weighted by atomic mass is 10.0. The van der Waals surface area contributed by atoms with Crippen molar-refractivity contribution < 1.29 is 4.79 Å². The average Bonchev–Trinajstić information content (AvgIpc) is 3.06. The lowest BCUT2D eigenvalue weighted by molar-refractivity contribution is 0.0735. The zero-order valence-corrected chi connectivity index (χ0v) is 14.0. The normalized spacial score (nSPS) is 17.5. The van der Waals surface area contributed by atoms with Crippen molar-refractivity contribution >= 4 is 29.1 Å². The third-order valence-electron chi connectivity index (χ3n) is 4.11. The van der Waals surface area contributed by atoms with Crippen LogP contribution in [0.15, 0.2) is 36.5 Å². The molecule has 1 amide bonds. The average molecular weight is 350 g/mol. The number of nitrogens with zero attached hydrogens (tertiary/aromatic N) is 2. The van der Waals surface area contributed by atoms with E-state index < -0.39 is 0 Å². The van der Waals surface area contributed by atoms with Crippen LogP contribution >= 0.6 is 23.2 Å². The third-order valence-corrected chi connectivity index (χ3v) is 4.85. The van der Waals surface area contributed by atoms with Gasteiger partial charge in [-0.25, -0.2) is 0 Å². The molecule has 0 radical (unpaired) electrons. The molecule has 0 spiro atoms. The molecule has 120 valence electrons. The zero-order chi connectivity index (χ0) is 16.4. The van der Waals surface area contributed by atoms with Gasteiger partial charge in [-0.05, 0) is 42.7 Å². The van der Waals surface area contributed by atoms with Crippen molar-refractivity contribution in [1.29, 1.82) is 0 Å². The van der Waals surface area contributed by atoms with Gasteiger partial charge in [0.15, 0.2) is 0 Å². The summed E-state index contributed by atoms with van der Waals surface area (Å²) in [5.74, 6) is -0.00401. The number of nitrogens with two attached hydrogens (primary N) is 1. The smallest absolute Gasteiger partial charge is 0.254 e. The molecule has 1 saturated heterocycles. The molecule has 0 saturated carbocycles. The minimum Gasteiger partial charge on any atom is -0.332 e. The van der Waals surface area contributed by atoms with Gasteiger partial charge in [0.25, 0.3) is 5.91 Å². The number of amides is 1. The summed E-state index contributed by atoms with van der Waals surface area (Å²) in [6.07, 6.45) is 3.50. The van der Waals surface area contributed by atoms with E-state index in [1.54, 1.807) is 24.4 Å². The maximum absolute atomic E-state index is 12.8. The summed E-state index contributed by atoms with van der Waals surface area (Å²) < 4.78 is 0. The Labute approximate surface area is 145 Å². The molecule has 2 aromatic rings. The molecular formula is C17H17Cl2N3O. The van der Waals surface area contributed by atoms with Crippen LogP contribution in [-0.4, -0.2) is 22.3 Å². The monoisotopic (exact) mass is 349 g/mol. The van der Waals surface area contributed by atoms with Crippen molar-refractivity contribution in [3.05, 3.63) is 63.4 Å². The summed E-state index contributed by atoms with van der Waals surface area (Å²) in [7, 11) is 0. The maximum atomic E-state index is 12.8. The number of pyridine rings is 1. The summed E-state index contributed by atoms with van der Waals surface area (Å²) in [6.45, 7) is 1.04. The predicted octanol–water partition coefficient (Wildman–Crippen LogP) is 3.82. The second-order valence-corrected chi connectivity index (χ2v) is 6.38. The first-order valence-electron chi connectivity index (χ1n) is 7.51. The summed E-state index contributed by atoms with van der Waals surface area (Å²) in [4.78, 5) is 18.9. The SMILES string of the molecule is NCc1cc(C(=O)N2CCCC2c2ccc(Cl)c(Cl)c2)ccn1. The number of aromatic nitrogens is 1. The van der Waals surface area contributed by atoms with Gasteiger partial charge in [0, 0.05) is 24.8 Å². The Hall–Kier alpha value is -1.62. The molecule has 3 rings (SSSR count). The molecule has 4 nitrogen and oxygen atoms in total. The molecule has 0 aliphatic carbocycles. The minimum atomic E-state index is -0.00401. The Balaban J connectivity index is 1.88. The van der Waals surface area contributed by atoms with Crippen LogP contribution in [0.2, 0.25) is 10.0 Å². The Bertz CT molecular complexity index is 736. The molecule has 2 N–H and O–H groups in total. The lowest BCUT2D eigenvalue weighted by Crippen LogP contribution is -2.30. The first-order valence-corrected chi connectivity index (χ1v) is 8.26. The van der Waals surface area contributed by atoms with E-state index >= 15 is 0 Å². The molecule has 1 atom stereocenters. The van der Waals surface area contributed by atoms with E-state index in [4.69, 9.17) is 28.9 Å². The fourth-order valence-electron chi connectivity index (χ4n) is 2.96. The standard InChI is InChI=1S/C17H17Cl2N3O/c18-14-4-3-11(9-15(14)19)16-2-1-7-22(16)17(23)12-5-6-21-13(8-12)10-20/h3-6,8-9,16H,1-2,7,10,20H2. The first kappa shape index (κ1) is 16.2. The van der Waals surface area contributed by atoms with Crippen molar-refractivity contribution in [3.63, 3.8) is 0 Å². The third kappa shape index (κ3) is 3.34. The summed E-state index contributed by atoms with van der Waals surface area (Å²) in [5.41, 5.74) is 7.95. The van der Waals surface area contributed by atoms with E-state index in [1.165, 1.54) is 0 Å². The van der Waals surface area contributed by atoms with E-state index in [0.717, 1.165) is 24.9 Å². The topological polar surface area (TPSA) is 59.2 Å². The lowest BCUT2D eigenvalue weighted by Gasteiger charge is -2.25. The van der Waals surface area contributed by atoms with Gasteiger partial charge in [-0.15, -0.1) is 0 Å². The number of rotatable bonds is 3. The van der Waals surface area contributed by atoms with E-state index in [2.05, 4.69) is 4.98 Å². The van der Waals surface area contributed by atoms with Gasteiger partial charge < -0.3 is 10.6 Å². The van der Waals surface area contributed by atoms with E-state index in [9.17, 15) is 4.79 Å². The van der Waals surface area contributed by atoms with Crippen molar-refractivity contribution in [2.75, 3.05) is 6.54 Å². The number of hydrogen-bond acceptors (Lipinski definition) is 3. The first-order chi connectivity index (χ1) is 11.1. The van der Waals surface area contributed by atoms with Gasteiger partial charge in [0.1, 0.15) is 0 Å². The van der Waals surface area contributed by atoms with Crippen LogP contribution < -0.4 is 5.73 Å². The van der Waals surface area contributed by atoms with Crippen molar-refractivity contribution in [1.82, 2.24) is 9.88 Å². The van der Waals surface area contributed by atoms with Crippen molar-refractivity contribution in [3.8, 4) is 0 Å². The van der Waals surface area contributed by atoms with Crippen LogP contribution in [0.4, 0.5) is 0 Å². The predicted molar refractivity (Wildman–Crippen MR) is 91.6 cm³/mol. The van der Waals surface area contributed by atoms with Gasteiger partial charge in [0.05, 0.1) is 21.8 Å². The van der Waals surface area contributed by atoms with Crippen LogP contribution in [0.25, 0.3) is 0 Å². The summed E-state index contributed by atoms with van der Waals surface area (Å²) >= 11 is 12.1. The molecule has 1 aliphatic heterocycles. The molecule has 1 aliphatic rings. The highest BCUT2D eigenvalue weighted by molar-refractivity contribution is 6.42. The van der Waals surface area contributed by atoms with Crippen LogP contribution in [-0.2, 0) is 6.54 Å². The molecule has 1 unspecified atom stereocenters. The van der Waals surface area contributed by atoms with Crippen LogP contribution in [0.3, 0.4) is 0 Å². The number of carbonyl (C=O) groups excluding carboxylic acids is 1. The van der Waals surface area contributed by atoms with Gasteiger partial charge in [-0.3, -0.25) is 9.78 Å². The zero-order valence-electron chi connectivity index (χ0n) is 12.5. The number of halogens is 2. The number of benzene rings is 1. The molecule has 0 bridgehead atoms. The number of likely N-dealkylation sites (tertiary alicyclic amines) is 1. The van der Waals surface area contributed by atoms with E-state index in [0.29, 0.717) is 27.8 Å². The Morgan fingerprint density at radius 2 is 2.09 bits per heavy atom. The largest absolute Gasteiger partial charge is 0.332 e. The molecule has 1 aromatic heterocycles. The van der Waals surface area contributed by atoms with Crippen LogP contribution in [0.1, 0.15) is 40.5 Å². The van der Waals surface area contributed by atoms with Crippen molar-refractivity contribution in [2.45, 2.75) is 25.4 Å².